The standard InChI is InChI=1S/C27H25ClF2N6O4S/c28-19-3-1-18(2-4-19)11-23-25(38)36(26(39)41-23)13-24(37)34-9-7-33(8-10-34)14-27(40,15-35-17-31-16-32-35)21-6-5-20(29)12-22(21)30/h1-6,11-12,16-17,40H,7-10,13-15H2. The van der Waals surface area contributed by atoms with Gasteiger partial charge >= 0.3 is 0 Å². The molecule has 1 aromatic heterocycles. The zero-order valence-corrected chi connectivity index (χ0v) is 23.2. The summed E-state index contributed by atoms with van der Waals surface area (Å²) in [6.07, 6.45) is 4.25. The van der Waals surface area contributed by atoms with Crippen LogP contribution in [0.2, 0.25) is 5.02 Å². The molecule has 1 atom stereocenters. The van der Waals surface area contributed by atoms with Crippen LogP contribution in [0.1, 0.15) is 11.1 Å². The Morgan fingerprint density at radius 3 is 2.46 bits per heavy atom. The van der Waals surface area contributed by atoms with Crippen molar-refractivity contribution >= 4 is 46.5 Å². The number of nitrogens with zero attached hydrogens (tertiary/aromatic N) is 6. The Bertz CT molecular complexity index is 1480. The molecule has 10 nitrogen and oxygen atoms in total. The third-order valence-electron chi connectivity index (χ3n) is 6.87. The first-order valence-corrected chi connectivity index (χ1v) is 13.8. The summed E-state index contributed by atoms with van der Waals surface area (Å²) in [5.41, 5.74) is -1.15. The van der Waals surface area contributed by atoms with E-state index in [0.29, 0.717) is 29.7 Å². The molecule has 2 aliphatic heterocycles. The Kier molecular flexibility index (Phi) is 8.50. The van der Waals surface area contributed by atoms with Crippen molar-refractivity contribution in [2.75, 3.05) is 39.3 Å². The lowest BCUT2D eigenvalue weighted by atomic mass is 9.92. The molecule has 2 fully saturated rings. The van der Waals surface area contributed by atoms with Gasteiger partial charge in [0.15, 0.2) is 0 Å². The predicted molar refractivity (Wildman–Crippen MR) is 147 cm³/mol. The summed E-state index contributed by atoms with van der Waals surface area (Å²) in [6.45, 7) is 0.675. The van der Waals surface area contributed by atoms with Crippen LogP contribution in [0.15, 0.2) is 60.0 Å². The minimum Gasteiger partial charge on any atom is -0.382 e. The number of thioether (sulfide) groups is 1. The maximum atomic E-state index is 14.7. The summed E-state index contributed by atoms with van der Waals surface area (Å²) < 4.78 is 29.7. The molecule has 3 aromatic rings. The molecule has 3 heterocycles. The SMILES string of the molecule is O=C(CN1C(=O)SC(=Cc2ccc(Cl)cc2)C1=O)N1CCN(CC(O)(Cn2cncn2)c2ccc(F)cc2F)CC1. The minimum atomic E-state index is -1.77. The first-order valence-electron chi connectivity index (χ1n) is 12.6. The number of aromatic nitrogens is 3. The smallest absolute Gasteiger partial charge is 0.294 e. The average molecular weight is 603 g/mol. The summed E-state index contributed by atoms with van der Waals surface area (Å²) in [5, 5.41) is 15.6. The molecule has 0 radical (unpaired) electrons. The number of hydrogen-bond donors (Lipinski definition) is 1. The molecule has 14 heteroatoms. The van der Waals surface area contributed by atoms with Crippen LogP contribution in [0.3, 0.4) is 0 Å². The fourth-order valence-corrected chi connectivity index (χ4v) is 5.74. The summed E-state index contributed by atoms with van der Waals surface area (Å²) in [5.74, 6) is -2.57. The number of aliphatic hydroxyl groups is 1. The highest BCUT2D eigenvalue weighted by molar-refractivity contribution is 8.18. The van der Waals surface area contributed by atoms with Gasteiger partial charge in [-0.2, -0.15) is 5.10 Å². The van der Waals surface area contributed by atoms with Crippen molar-refractivity contribution in [3.63, 3.8) is 0 Å². The van der Waals surface area contributed by atoms with E-state index in [1.54, 1.807) is 30.3 Å². The molecule has 0 spiro atoms. The second-order valence-electron chi connectivity index (χ2n) is 9.73. The molecule has 1 N–H and O–H groups in total. The molecule has 1 unspecified atom stereocenters. The van der Waals surface area contributed by atoms with Crippen LogP contribution in [-0.4, -0.2) is 90.9 Å². The number of benzene rings is 2. The summed E-state index contributed by atoms with van der Waals surface area (Å²) in [6, 6.07) is 9.79. The average Bonchev–Trinajstić information content (AvgIpc) is 3.53. The molecule has 214 valence electrons. The molecular formula is C27H25ClF2N6O4S. The number of halogens is 3. The summed E-state index contributed by atoms with van der Waals surface area (Å²) >= 11 is 6.67. The fraction of sp³-hybridized carbons (Fsp3) is 0.296. The zero-order chi connectivity index (χ0) is 29.1. The van der Waals surface area contributed by atoms with E-state index in [2.05, 4.69) is 10.1 Å². The van der Waals surface area contributed by atoms with Crippen molar-refractivity contribution in [3.8, 4) is 0 Å². The number of amides is 3. The van der Waals surface area contributed by atoms with Crippen molar-refractivity contribution < 1.29 is 28.3 Å². The van der Waals surface area contributed by atoms with E-state index < -0.39 is 28.4 Å². The Balaban J connectivity index is 1.21. The monoisotopic (exact) mass is 602 g/mol. The van der Waals surface area contributed by atoms with Gasteiger partial charge in [0.05, 0.1) is 11.4 Å². The van der Waals surface area contributed by atoms with E-state index >= 15 is 0 Å². The van der Waals surface area contributed by atoms with Crippen LogP contribution in [0, 0.1) is 11.6 Å². The van der Waals surface area contributed by atoms with Crippen LogP contribution in [0.25, 0.3) is 6.08 Å². The van der Waals surface area contributed by atoms with E-state index in [1.807, 2.05) is 4.90 Å². The second kappa shape index (κ2) is 12.1. The van der Waals surface area contributed by atoms with Gasteiger partial charge in [0.1, 0.15) is 36.4 Å². The van der Waals surface area contributed by atoms with E-state index in [1.165, 1.54) is 28.3 Å². The predicted octanol–water partition coefficient (Wildman–Crippen LogP) is 2.98. The first kappa shape index (κ1) is 28.9. The number of carbonyl (C=O) groups is 3. The van der Waals surface area contributed by atoms with Crippen molar-refractivity contribution in [3.05, 3.63) is 87.8 Å². The maximum absolute atomic E-state index is 14.7. The van der Waals surface area contributed by atoms with E-state index in [0.717, 1.165) is 22.7 Å². The lowest BCUT2D eigenvalue weighted by Gasteiger charge is -2.40. The highest BCUT2D eigenvalue weighted by atomic mass is 35.5. The highest BCUT2D eigenvalue weighted by Gasteiger charge is 2.39. The largest absolute Gasteiger partial charge is 0.382 e. The molecular weight excluding hydrogens is 578 g/mol. The van der Waals surface area contributed by atoms with Crippen LogP contribution >= 0.6 is 23.4 Å². The Labute approximate surface area is 243 Å². The molecule has 2 aromatic carbocycles. The molecule has 3 amide bonds. The van der Waals surface area contributed by atoms with Gasteiger partial charge in [-0.15, -0.1) is 0 Å². The molecule has 2 aliphatic rings. The second-order valence-corrected chi connectivity index (χ2v) is 11.2. The first-order chi connectivity index (χ1) is 19.6. The quantitative estimate of drug-likeness (QED) is 0.392. The number of piperazine rings is 1. The van der Waals surface area contributed by atoms with Gasteiger partial charge in [0.25, 0.3) is 11.1 Å². The van der Waals surface area contributed by atoms with Crippen LogP contribution < -0.4 is 0 Å². The number of rotatable bonds is 8. The van der Waals surface area contributed by atoms with Crippen molar-refractivity contribution in [2.45, 2.75) is 12.1 Å². The van der Waals surface area contributed by atoms with Crippen LogP contribution in [0.5, 0.6) is 0 Å². The third kappa shape index (κ3) is 6.64. The number of imide groups is 1. The van der Waals surface area contributed by atoms with E-state index in [9.17, 15) is 28.3 Å². The Morgan fingerprint density at radius 2 is 1.80 bits per heavy atom. The van der Waals surface area contributed by atoms with Gasteiger partial charge in [-0.1, -0.05) is 29.8 Å². The molecule has 0 saturated carbocycles. The van der Waals surface area contributed by atoms with E-state index in [4.69, 9.17) is 11.6 Å². The Morgan fingerprint density at radius 1 is 1.07 bits per heavy atom. The molecule has 2 saturated heterocycles. The number of β-amino-alcohol motifs (C(OH)–C–C–N with tert-alkyl or cyclic N) is 1. The summed E-state index contributed by atoms with van der Waals surface area (Å²) in [7, 11) is 0. The molecule has 5 rings (SSSR count). The van der Waals surface area contributed by atoms with Crippen molar-refractivity contribution in [1.82, 2.24) is 29.5 Å². The van der Waals surface area contributed by atoms with Gasteiger partial charge in [-0.05, 0) is 41.6 Å². The van der Waals surface area contributed by atoms with Gasteiger partial charge in [-0.3, -0.25) is 24.2 Å². The minimum absolute atomic E-state index is 0.0178. The Hall–Kier alpha value is -3.65. The van der Waals surface area contributed by atoms with Crippen molar-refractivity contribution in [1.29, 1.82) is 0 Å². The molecule has 0 bridgehead atoms. The fourth-order valence-electron chi connectivity index (χ4n) is 4.78. The van der Waals surface area contributed by atoms with Crippen LogP contribution in [-0.2, 0) is 21.7 Å². The lowest BCUT2D eigenvalue weighted by molar-refractivity contribution is -0.137. The lowest BCUT2D eigenvalue weighted by Crippen LogP contribution is -2.55. The van der Waals surface area contributed by atoms with Gasteiger partial charge in [0, 0.05) is 49.4 Å². The topological polar surface area (TPSA) is 112 Å². The van der Waals surface area contributed by atoms with Crippen molar-refractivity contribution in [2.24, 2.45) is 0 Å². The highest BCUT2D eigenvalue weighted by Crippen LogP contribution is 2.33. The molecule has 0 aliphatic carbocycles. The third-order valence-corrected chi connectivity index (χ3v) is 8.03. The zero-order valence-electron chi connectivity index (χ0n) is 21.6. The van der Waals surface area contributed by atoms with E-state index in [-0.39, 0.29) is 49.1 Å². The maximum Gasteiger partial charge on any atom is 0.294 e. The summed E-state index contributed by atoms with van der Waals surface area (Å²) in [4.78, 5) is 46.8. The van der Waals surface area contributed by atoms with Gasteiger partial charge in [-0.25, -0.2) is 18.4 Å². The van der Waals surface area contributed by atoms with Gasteiger partial charge in [0.2, 0.25) is 5.91 Å². The van der Waals surface area contributed by atoms with Crippen LogP contribution in [0.4, 0.5) is 13.6 Å². The number of carbonyl (C=O) groups excluding carboxylic acids is 3. The van der Waals surface area contributed by atoms with Gasteiger partial charge < -0.3 is 10.0 Å². The normalized spacial score (nSPS) is 18.8. The number of hydrogen-bond acceptors (Lipinski definition) is 8. The molecule has 41 heavy (non-hydrogen) atoms.